The first-order chi connectivity index (χ1) is 6.67. The van der Waals surface area contributed by atoms with E-state index in [1.54, 1.807) is 7.11 Å². The quantitative estimate of drug-likeness (QED) is 0.742. The number of hydrogen-bond acceptors (Lipinski definition) is 3. The fourth-order valence-corrected chi connectivity index (χ4v) is 1.25. The van der Waals surface area contributed by atoms with E-state index in [-0.39, 0.29) is 0 Å². The van der Waals surface area contributed by atoms with E-state index in [9.17, 15) is 0 Å². The molecule has 1 rings (SSSR count). The molecule has 0 atom stereocenters. The van der Waals surface area contributed by atoms with Gasteiger partial charge in [-0.3, -0.25) is 0 Å². The predicted molar refractivity (Wildman–Crippen MR) is 59.4 cm³/mol. The van der Waals surface area contributed by atoms with E-state index in [2.05, 4.69) is 18.9 Å². The molecule has 0 spiro atoms. The molecule has 0 aliphatic heterocycles. The Labute approximate surface area is 85.5 Å². The Morgan fingerprint density at radius 1 is 1.43 bits per heavy atom. The van der Waals surface area contributed by atoms with Crippen LogP contribution in [0, 0.1) is 0 Å². The number of nitrogen functional groups attached to an aromatic ring is 1. The Bertz CT molecular complexity index is 299. The molecule has 1 aromatic carbocycles. The molecular formula is C11H18N2O. The summed E-state index contributed by atoms with van der Waals surface area (Å²) in [7, 11) is 3.73. The summed E-state index contributed by atoms with van der Waals surface area (Å²) in [6.07, 6.45) is 0. The molecule has 14 heavy (non-hydrogen) atoms. The van der Waals surface area contributed by atoms with E-state index < -0.39 is 0 Å². The molecule has 78 valence electrons. The summed E-state index contributed by atoms with van der Waals surface area (Å²) < 4.78 is 5.15. The number of methoxy groups -OCH3 is 1. The molecule has 0 aromatic heterocycles. The number of anilines is 1. The summed E-state index contributed by atoms with van der Waals surface area (Å²) in [5.41, 5.74) is 7.81. The average molecular weight is 194 g/mol. The van der Waals surface area contributed by atoms with Gasteiger partial charge in [-0.1, -0.05) is 6.92 Å². The highest BCUT2D eigenvalue weighted by atomic mass is 16.5. The minimum atomic E-state index is 0.825. The molecule has 3 heteroatoms. The standard InChI is InChI=1S/C11H18N2O/c1-4-13(2)8-9-7-10(14-3)5-6-11(9)12/h5-7H,4,8,12H2,1-3H3. The van der Waals surface area contributed by atoms with Crippen LogP contribution in [-0.2, 0) is 6.54 Å². The summed E-state index contributed by atoms with van der Waals surface area (Å²) in [6.45, 7) is 3.99. The Kier molecular flexibility index (Phi) is 3.77. The maximum Gasteiger partial charge on any atom is 0.119 e. The van der Waals surface area contributed by atoms with Gasteiger partial charge in [-0.2, -0.15) is 0 Å². The van der Waals surface area contributed by atoms with Crippen LogP contribution in [0.25, 0.3) is 0 Å². The highest BCUT2D eigenvalue weighted by Gasteiger charge is 2.03. The van der Waals surface area contributed by atoms with E-state index in [0.29, 0.717) is 0 Å². The van der Waals surface area contributed by atoms with Gasteiger partial charge in [-0.15, -0.1) is 0 Å². The predicted octanol–water partition coefficient (Wildman–Crippen LogP) is 1.73. The molecule has 3 nitrogen and oxygen atoms in total. The van der Waals surface area contributed by atoms with Gasteiger partial charge >= 0.3 is 0 Å². The number of rotatable bonds is 4. The number of benzene rings is 1. The van der Waals surface area contributed by atoms with Crippen molar-refractivity contribution in [1.82, 2.24) is 4.90 Å². The molecule has 1 aromatic rings. The van der Waals surface area contributed by atoms with Crippen molar-refractivity contribution >= 4 is 5.69 Å². The second-order valence-corrected chi connectivity index (χ2v) is 3.40. The van der Waals surface area contributed by atoms with Crippen LogP contribution in [0.3, 0.4) is 0 Å². The molecule has 0 radical (unpaired) electrons. The molecule has 0 heterocycles. The topological polar surface area (TPSA) is 38.5 Å². The van der Waals surface area contributed by atoms with Crippen LogP contribution in [0.15, 0.2) is 18.2 Å². The van der Waals surface area contributed by atoms with Crippen molar-refractivity contribution in [3.8, 4) is 5.75 Å². The molecule has 0 amide bonds. The molecule has 0 aliphatic rings. The molecular weight excluding hydrogens is 176 g/mol. The molecule has 0 saturated carbocycles. The fraction of sp³-hybridized carbons (Fsp3) is 0.455. The summed E-state index contributed by atoms with van der Waals surface area (Å²) in [5, 5.41) is 0. The van der Waals surface area contributed by atoms with Crippen LogP contribution in [0.5, 0.6) is 5.75 Å². The van der Waals surface area contributed by atoms with E-state index in [1.165, 1.54) is 0 Å². The van der Waals surface area contributed by atoms with Gasteiger partial charge in [0.2, 0.25) is 0 Å². The first-order valence-electron chi connectivity index (χ1n) is 4.78. The van der Waals surface area contributed by atoms with E-state index in [1.807, 2.05) is 18.2 Å². The number of ether oxygens (including phenoxy) is 1. The minimum absolute atomic E-state index is 0.825. The van der Waals surface area contributed by atoms with Gasteiger partial charge in [0, 0.05) is 12.2 Å². The average Bonchev–Trinajstić information content (AvgIpc) is 2.21. The Morgan fingerprint density at radius 3 is 2.71 bits per heavy atom. The zero-order chi connectivity index (χ0) is 10.6. The molecule has 2 N–H and O–H groups in total. The molecule has 0 unspecified atom stereocenters. The third-order valence-electron chi connectivity index (χ3n) is 2.33. The van der Waals surface area contributed by atoms with Crippen LogP contribution < -0.4 is 10.5 Å². The molecule has 0 bridgehead atoms. The third-order valence-corrected chi connectivity index (χ3v) is 2.33. The van der Waals surface area contributed by atoms with Gasteiger partial charge in [0.05, 0.1) is 7.11 Å². The maximum atomic E-state index is 5.86. The number of hydrogen-bond donors (Lipinski definition) is 1. The highest BCUT2D eigenvalue weighted by molar-refractivity contribution is 5.50. The third kappa shape index (κ3) is 2.64. The first-order valence-corrected chi connectivity index (χ1v) is 4.78. The number of nitrogens with zero attached hydrogens (tertiary/aromatic N) is 1. The SMILES string of the molecule is CCN(C)Cc1cc(OC)ccc1N. The Hall–Kier alpha value is -1.22. The van der Waals surface area contributed by atoms with Crippen molar-refractivity contribution in [3.05, 3.63) is 23.8 Å². The smallest absolute Gasteiger partial charge is 0.119 e. The highest BCUT2D eigenvalue weighted by Crippen LogP contribution is 2.20. The van der Waals surface area contributed by atoms with Gasteiger partial charge in [0.1, 0.15) is 5.75 Å². The lowest BCUT2D eigenvalue weighted by atomic mass is 10.1. The van der Waals surface area contributed by atoms with Gasteiger partial charge < -0.3 is 15.4 Å². The van der Waals surface area contributed by atoms with Crippen LogP contribution >= 0.6 is 0 Å². The van der Waals surface area contributed by atoms with Crippen LogP contribution in [-0.4, -0.2) is 25.6 Å². The fourth-order valence-electron chi connectivity index (χ4n) is 1.25. The van der Waals surface area contributed by atoms with Gasteiger partial charge in [-0.25, -0.2) is 0 Å². The second-order valence-electron chi connectivity index (χ2n) is 3.40. The monoisotopic (exact) mass is 194 g/mol. The summed E-state index contributed by atoms with van der Waals surface area (Å²) >= 11 is 0. The van der Waals surface area contributed by atoms with E-state index in [4.69, 9.17) is 10.5 Å². The van der Waals surface area contributed by atoms with Crippen LogP contribution in [0.4, 0.5) is 5.69 Å². The molecule has 0 aliphatic carbocycles. The maximum absolute atomic E-state index is 5.86. The van der Waals surface area contributed by atoms with Gasteiger partial charge in [0.25, 0.3) is 0 Å². The van der Waals surface area contributed by atoms with E-state index in [0.717, 1.165) is 30.1 Å². The normalized spacial score (nSPS) is 10.6. The van der Waals surface area contributed by atoms with Crippen LogP contribution in [0.2, 0.25) is 0 Å². The lowest BCUT2D eigenvalue weighted by Gasteiger charge is -2.15. The first kappa shape index (κ1) is 10.9. The summed E-state index contributed by atoms with van der Waals surface area (Å²) in [6, 6.07) is 5.75. The van der Waals surface area contributed by atoms with Crippen molar-refractivity contribution in [3.63, 3.8) is 0 Å². The molecule has 0 saturated heterocycles. The van der Waals surface area contributed by atoms with Crippen molar-refractivity contribution in [2.45, 2.75) is 13.5 Å². The Morgan fingerprint density at radius 2 is 2.14 bits per heavy atom. The molecule has 0 fully saturated rings. The lowest BCUT2D eigenvalue weighted by Crippen LogP contribution is -2.17. The Balaban J connectivity index is 2.83. The zero-order valence-corrected chi connectivity index (χ0v) is 9.08. The summed E-state index contributed by atoms with van der Waals surface area (Å²) in [4.78, 5) is 2.20. The lowest BCUT2D eigenvalue weighted by molar-refractivity contribution is 0.345. The second kappa shape index (κ2) is 4.86. The van der Waals surface area contributed by atoms with Crippen molar-refractivity contribution in [1.29, 1.82) is 0 Å². The minimum Gasteiger partial charge on any atom is -0.497 e. The largest absolute Gasteiger partial charge is 0.497 e. The van der Waals surface area contributed by atoms with Crippen molar-refractivity contribution in [2.75, 3.05) is 26.4 Å². The van der Waals surface area contributed by atoms with Gasteiger partial charge in [0.15, 0.2) is 0 Å². The zero-order valence-electron chi connectivity index (χ0n) is 9.08. The van der Waals surface area contributed by atoms with Crippen LogP contribution in [0.1, 0.15) is 12.5 Å². The number of nitrogens with two attached hydrogens (primary N) is 1. The summed E-state index contributed by atoms with van der Waals surface area (Å²) in [5.74, 6) is 0.860. The van der Waals surface area contributed by atoms with Crippen molar-refractivity contribution in [2.24, 2.45) is 0 Å². The van der Waals surface area contributed by atoms with Gasteiger partial charge in [-0.05, 0) is 37.4 Å². The van der Waals surface area contributed by atoms with Crippen molar-refractivity contribution < 1.29 is 4.74 Å². The van der Waals surface area contributed by atoms with E-state index >= 15 is 0 Å².